The Morgan fingerprint density at radius 2 is 1.65 bits per heavy atom. The van der Waals surface area contributed by atoms with Crippen molar-refractivity contribution in [3.63, 3.8) is 0 Å². The zero-order chi connectivity index (χ0) is 19.4. The molecule has 6 heteroatoms. The van der Waals surface area contributed by atoms with Crippen LogP contribution in [0.15, 0.2) is 18.2 Å². The van der Waals surface area contributed by atoms with Crippen LogP contribution in [0.4, 0.5) is 0 Å². The lowest BCUT2D eigenvalue weighted by atomic mass is 9.78. The Hall–Kier alpha value is -1.53. The average Bonchev–Trinajstić information content (AvgIpc) is 2.79. The lowest BCUT2D eigenvalue weighted by molar-refractivity contribution is -0.142. The molecule has 0 radical (unpaired) electrons. The van der Waals surface area contributed by atoms with E-state index in [0.29, 0.717) is 19.0 Å². The van der Waals surface area contributed by atoms with Crippen LogP contribution in [0.2, 0.25) is 0 Å². The van der Waals surface area contributed by atoms with Crippen LogP contribution >= 0.6 is 0 Å². The lowest BCUT2D eigenvalue weighted by Crippen LogP contribution is -2.41. The summed E-state index contributed by atoms with van der Waals surface area (Å²) >= 11 is 0. The molecule has 5 nitrogen and oxygen atoms in total. The Bertz CT molecular complexity index is 611. The predicted octanol–water partition coefficient (Wildman–Crippen LogP) is 3.27. The molecule has 1 saturated heterocycles. The van der Waals surface area contributed by atoms with Crippen molar-refractivity contribution >= 4 is 18.6 Å². The molecule has 0 aromatic heterocycles. The first-order chi connectivity index (χ1) is 12.2. The summed E-state index contributed by atoms with van der Waals surface area (Å²) in [5.74, 6) is 0.448. The standard InChI is InChI=1S/C20H31BO5/c1-7-11-23-17-14-16(21-25-19(3,4)20(5,6)26-21)10-9-15(17)13-18(22)24-12-8-2/h9-10,14H,7-8,11-13H2,1-6H3. The molecule has 2 rings (SSSR count). The molecule has 0 atom stereocenters. The van der Waals surface area contributed by atoms with Gasteiger partial charge in [0, 0.05) is 5.56 Å². The van der Waals surface area contributed by atoms with Gasteiger partial charge in [-0.3, -0.25) is 4.79 Å². The minimum Gasteiger partial charge on any atom is -0.493 e. The highest BCUT2D eigenvalue weighted by Crippen LogP contribution is 2.36. The molecule has 0 amide bonds. The second kappa shape index (κ2) is 8.44. The zero-order valence-electron chi connectivity index (χ0n) is 16.9. The quantitative estimate of drug-likeness (QED) is 0.525. The maximum atomic E-state index is 12.0. The van der Waals surface area contributed by atoms with Crippen molar-refractivity contribution in [2.75, 3.05) is 13.2 Å². The van der Waals surface area contributed by atoms with Crippen LogP contribution in [0.3, 0.4) is 0 Å². The van der Waals surface area contributed by atoms with E-state index in [1.54, 1.807) is 0 Å². The minimum atomic E-state index is -0.454. The van der Waals surface area contributed by atoms with Crippen molar-refractivity contribution in [3.8, 4) is 5.75 Å². The van der Waals surface area contributed by atoms with Gasteiger partial charge in [-0.15, -0.1) is 0 Å². The van der Waals surface area contributed by atoms with Crippen LogP contribution in [0, 0.1) is 0 Å². The molecule has 1 aromatic rings. The van der Waals surface area contributed by atoms with Crippen LogP contribution in [-0.2, 0) is 25.3 Å². The number of benzene rings is 1. The number of rotatable bonds is 8. The second-order valence-electron chi connectivity index (χ2n) is 7.70. The van der Waals surface area contributed by atoms with Gasteiger partial charge in [0.15, 0.2) is 0 Å². The highest BCUT2D eigenvalue weighted by atomic mass is 16.7. The van der Waals surface area contributed by atoms with Gasteiger partial charge in [0.2, 0.25) is 0 Å². The molecule has 0 unspecified atom stereocenters. The minimum absolute atomic E-state index is 0.197. The third kappa shape index (κ3) is 4.80. The first-order valence-electron chi connectivity index (χ1n) is 9.47. The zero-order valence-corrected chi connectivity index (χ0v) is 16.9. The summed E-state index contributed by atoms with van der Waals surface area (Å²) in [6.45, 7) is 13.2. The highest BCUT2D eigenvalue weighted by molar-refractivity contribution is 6.62. The van der Waals surface area contributed by atoms with E-state index in [4.69, 9.17) is 18.8 Å². The molecule has 0 spiro atoms. The van der Waals surface area contributed by atoms with E-state index in [1.807, 2.05) is 59.7 Å². The molecule has 26 heavy (non-hydrogen) atoms. The van der Waals surface area contributed by atoms with Crippen molar-refractivity contribution < 1.29 is 23.6 Å². The summed E-state index contributed by atoms with van der Waals surface area (Å²) in [5.41, 5.74) is 0.912. The Labute approximate surface area is 157 Å². The van der Waals surface area contributed by atoms with E-state index in [9.17, 15) is 4.79 Å². The van der Waals surface area contributed by atoms with Gasteiger partial charge in [0.25, 0.3) is 0 Å². The fourth-order valence-corrected chi connectivity index (χ4v) is 2.61. The maximum Gasteiger partial charge on any atom is 0.494 e. The van der Waals surface area contributed by atoms with Gasteiger partial charge in [-0.2, -0.15) is 0 Å². The topological polar surface area (TPSA) is 54.0 Å². The third-order valence-corrected chi connectivity index (χ3v) is 4.88. The fourth-order valence-electron chi connectivity index (χ4n) is 2.61. The normalized spacial score (nSPS) is 18.0. The van der Waals surface area contributed by atoms with Gasteiger partial charge in [0.1, 0.15) is 5.75 Å². The number of hydrogen-bond donors (Lipinski definition) is 0. The summed E-state index contributed by atoms with van der Waals surface area (Å²) in [5, 5.41) is 0. The van der Waals surface area contributed by atoms with E-state index >= 15 is 0 Å². The summed E-state index contributed by atoms with van der Waals surface area (Å²) in [6, 6.07) is 5.75. The van der Waals surface area contributed by atoms with Crippen LogP contribution in [0.1, 0.15) is 59.9 Å². The number of ether oxygens (including phenoxy) is 2. The molecule has 1 aromatic carbocycles. The largest absolute Gasteiger partial charge is 0.494 e. The summed E-state index contributed by atoms with van der Waals surface area (Å²) in [4.78, 5) is 12.0. The Kier molecular flexibility index (Phi) is 6.75. The first-order valence-corrected chi connectivity index (χ1v) is 9.47. The summed E-state index contributed by atoms with van der Waals surface area (Å²) < 4.78 is 23.3. The van der Waals surface area contributed by atoms with Crippen LogP contribution in [0.25, 0.3) is 0 Å². The Morgan fingerprint density at radius 3 is 2.23 bits per heavy atom. The number of carbonyl (C=O) groups excluding carboxylic acids is 1. The highest BCUT2D eigenvalue weighted by Gasteiger charge is 2.51. The monoisotopic (exact) mass is 362 g/mol. The number of esters is 1. The van der Waals surface area contributed by atoms with E-state index in [-0.39, 0.29) is 12.4 Å². The van der Waals surface area contributed by atoms with Gasteiger partial charge in [-0.05, 0) is 52.1 Å². The average molecular weight is 362 g/mol. The molecule has 0 bridgehead atoms. The smallest absolute Gasteiger partial charge is 0.493 e. The third-order valence-electron chi connectivity index (χ3n) is 4.88. The van der Waals surface area contributed by atoms with E-state index in [1.165, 1.54) is 0 Å². The van der Waals surface area contributed by atoms with Crippen LogP contribution in [0.5, 0.6) is 5.75 Å². The van der Waals surface area contributed by atoms with Crippen molar-refractivity contribution in [1.29, 1.82) is 0 Å². The molecule has 0 aliphatic carbocycles. The SMILES string of the molecule is CCCOC(=O)Cc1ccc(B2OC(C)(C)C(C)(C)O2)cc1OCCC. The van der Waals surface area contributed by atoms with Crippen molar-refractivity contribution in [3.05, 3.63) is 23.8 Å². The van der Waals surface area contributed by atoms with Gasteiger partial charge >= 0.3 is 13.1 Å². The summed E-state index contributed by atoms with van der Waals surface area (Å²) in [7, 11) is -0.454. The van der Waals surface area contributed by atoms with Crippen molar-refractivity contribution in [1.82, 2.24) is 0 Å². The molecular formula is C20H31BO5. The Balaban J connectivity index is 2.21. The molecule has 1 aliphatic heterocycles. The fraction of sp³-hybridized carbons (Fsp3) is 0.650. The van der Waals surface area contributed by atoms with E-state index in [2.05, 4.69) is 0 Å². The first kappa shape index (κ1) is 20.8. The molecule has 1 aliphatic rings. The number of carbonyl (C=O) groups is 1. The molecule has 144 valence electrons. The molecule has 0 N–H and O–H groups in total. The van der Waals surface area contributed by atoms with Crippen LogP contribution < -0.4 is 10.2 Å². The summed E-state index contributed by atoms with van der Waals surface area (Å²) in [6.07, 6.45) is 1.90. The Morgan fingerprint density at radius 1 is 1.04 bits per heavy atom. The number of hydrogen-bond acceptors (Lipinski definition) is 5. The predicted molar refractivity (Wildman–Crippen MR) is 103 cm³/mol. The van der Waals surface area contributed by atoms with E-state index < -0.39 is 18.3 Å². The van der Waals surface area contributed by atoms with Crippen molar-refractivity contribution in [2.24, 2.45) is 0 Å². The second-order valence-corrected chi connectivity index (χ2v) is 7.70. The lowest BCUT2D eigenvalue weighted by Gasteiger charge is -2.32. The molecule has 1 heterocycles. The van der Waals surface area contributed by atoms with E-state index in [0.717, 1.165) is 23.9 Å². The van der Waals surface area contributed by atoms with Gasteiger partial charge in [-0.1, -0.05) is 26.0 Å². The van der Waals surface area contributed by atoms with Gasteiger partial charge in [-0.25, -0.2) is 0 Å². The van der Waals surface area contributed by atoms with Gasteiger partial charge < -0.3 is 18.8 Å². The van der Waals surface area contributed by atoms with Gasteiger partial charge in [0.05, 0.1) is 30.8 Å². The van der Waals surface area contributed by atoms with Crippen molar-refractivity contribution in [2.45, 2.75) is 72.0 Å². The van der Waals surface area contributed by atoms with Crippen LogP contribution in [-0.4, -0.2) is 37.5 Å². The maximum absolute atomic E-state index is 12.0. The molecule has 0 saturated carbocycles. The molecular weight excluding hydrogens is 331 g/mol. The molecule has 1 fully saturated rings.